The Morgan fingerprint density at radius 3 is 2.56 bits per heavy atom. The number of hydrogen-bond acceptors (Lipinski definition) is 8. The standard InChI is InChI=1S/C31H26N2O8/c1-3-41-24-9-5-8-19(29(24)36)25-18-10-11-20-26(21(18)14-22-27(25)23(34)12-15(2)28(22)35)31(38)32(30(20)37)16-6-4-7-17(13-16)33(39)40/h4-10,12-13,20-21,25-26,36H,3,11,14H2,1-2H3. The normalized spacial score (nSPS) is 25.4. The summed E-state index contributed by atoms with van der Waals surface area (Å²) in [6.07, 6.45) is 3.44. The van der Waals surface area contributed by atoms with E-state index in [0.29, 0.717) is 17.7 Å². The van der Waals surface area contributed by atoms with Crippen LogP contribution in [0.5, 0.6) is 11.5 Å². The minimum atomic E-state index is -0.843. The van der Waals surface area contributed by atoms with Crippen LogP contribution in [-0.2, 0) is 19.2 Å². The third-order valence-corrected chi connectivity index (χ3v) is 8.50. The Bertz CT molecular complexity index is 1670. The zero-order valence-electron chi connectivity index (χ0n) is 22.3. The number of rotatable bonds is 5. The monoisotopic (exact) mass is 554 g/mol. The van der Waals surface area contributed by atoms with Gasteiger partial charge in [0.2, 0.25) is 11.8 Å². The van der Waals surface area contributed by atoms with Gasteiger partial charge in [-0.3, -0.25) is 29.3 Å². The maximum absolute atomic E-state index is 14.0. The first-order valence-electron chi connectivity index (χ1n) is 13.4. The van der Waals surface area contributed by atoms with Crippen molar-refractivity contribution in [3.8, 4) is 11.5 Å². The number of phenolic OH excluding ortho intramolecular Hbond substituents is 1. The second-order valence-electron chi connectivity index (χ2n) is 10.6. The van der Waals surface area contributed by atoms with Gasteiger partial charge in [-0.2, -0.15) is 0 Å². The van der Waals surface area contributed by atoms with Crippen LogP contribution in [-0.4, -0.2) is 40.0 Å². The van der Waals surface area contributed by atoms with E-state index in [4.69, 9.17) is 4.74 Å². The molecule has 0 bridgehead atoms. The van der Waals surface area contributed by atoms with Crippen molar-refractivity contribution in [2.24, 2.45) is 17.8 Å². The molecular weight excluding hydrogens is 528 g/mol. The lowest BCUT2D eigenvalue weighted by Crippen LogP contribution is -2.39. The van der Waals surface area contributed by atoms with Crippen molar-refractivity contribution in [2.45, 2.75) is 32.6 Å². The highest BCUT2D eigenvalue weighted by atomic mass is 16.6. The topological polar surface area (TPSA) is 144 Å². The molecule has 10 nitrogen and oxygen atoms in total. The number of fused-ring (bicyclic) bond motifs is 3. The van der Waals surface area contributed by atoms with Crippen LogP contribution in [0.15, 0.2) is 76.9 Å². The van der Waals surface area contributed by atoms with Gasteiger partial charge in [-0.05, 0) is 50.8 Å². The molecule has 2 aromatic rings. The molecule has 41 heavy (non-hydrogen) atoms. The summed E-state index contributed by atoms with van der Waals surface area (Å²) in [4.78, 5) is 66.2. The first-order valence-corrected chi connectivity index (χ1v) is 13.4. The molecule has 4 aliphatic rings. The number of amides is 2. The van der Waals surface area contributed by atoms with Gasteiger partial charge < -0.3 is 9.84 Å². The predicted octanol–water partition coefficient (Wildman–Crippen LogP) is 4.33. The summed E-state index contributed by atoms with van der Waals surface area (Å²) < 4.78 is 5.59. The smallest absolute Gasteiger partial charge is 0.271 e. The Kier molecular flexibility index (Phi) is 6.21. The fourth-order valence-corrected chi connectivity index (χ4v) is 6.78. The van der Waals surface area contributed by atoms with E-state index in [1.54, 1.807) is 32.0 Å². The number of non-ortho nitro benzene ring substituents is 1. The molecule has 1 heterocycles. The van der Waals surface area contributed by atoms with Crippen LogP contribution >= 0.6 is 0 Å². The van der Waals surface area contributed by atoms with Gasteiger partial charge in [0.25, 0.3) is 5.69 Å². The maximum Gasteiger partial charge on any atom is 0.271 e. The first-order chi connectivity index (χ1) is 19.6. The molecule has 1 saturated heterocycles. The van der Waals surface area contributed by atoms with Crippen molar-refractivity contribution >= 4 is 34.8 Å². The lowest BCUT2D eigenvalue weighted by Gasteiger charge is -2.42. The van der Waals surface area contributed by atoms with Crippen LogP contribution in [0.3, 0.4) is 0 Å². The number of ketones is 2. The van der Waals surface area contributed by atoms with Gasteiger partial charge >= 0.3 is 0 Å². The first kappa shape index (κ1) is 26.4. The second kappa shape index (κ2) is 9.65. The van der Waals surface area contributed by atoms with Crippen LogP contribution < -0.4 is 9.64 Å². The van der Waals surface area contributed by atoms with Crippen molar-refractivity contribution in [1.29, 1.82) is 0 Å². The van der Waals surface area contributed by atoms with E-state index in [0.717, 1.165) is 4.90 Å². The van der Waals surface area contributed by atoms with Gasteiger partial charge in [-0.1, -0.05) is 29.8 Å². The van der Waals surface area contributed by atoms with Gasteiger partial charge in [-0.25, -0.2) is 4.90 Å². The number of nitrogens with zero attached hydrogens (tertiary/aromatic N) is 2. The van der Waals surface area contributed by atoms with Crippen molar-refractivity contribution in [3.05, 3.63) is 92.6 Å². The molecule has 1 fully saturated rings. The summed E-state index contributed by atoms with van der Waals surface area (Å²) in [7, 11) is 0. The zero-order valence-corrected chi connectivity index (χ0v) is 22.3. The number of para-hydroxylation sites is 1. The number of ether oxygens (including phenoxy) is 1. The zero-order chi connectivity index (χ0) is 29.2. The van der Waals surface area contributed by atoms with E-state index in [1.165, 1.54) is 30.3 Å². The van der Waals surface area contributed by atoms with Crippen LogP contribution in [0.2, 0.25) is 0 Å². The fraction of sp³-hybridized carbons (Fsp3) is 0.290. The third-order valence-electron chi connectivity index (χ3n) is 8.50. The molecule has 0 aromatic heterocycles. The van der Waals surface area contributed by atoms with Crippen LogP contribution in [0.4, 0.5) is 11.4 Å². The summed E-state index contributed by atoms with van der Waals surface area (Å²) in [6, 6.07) is 10.3. The number of anilines is 1. The Morgan fingerprint density at radius 2 is 1.83 bits per heavy atom. The van der Waals surface area contributed by atoms with Crippen molar-refractivity contribution in [1.82, 2.24) is 0 Å². The fourth-order valence-electron chi connectivity index (χ4n) is 6.78. The molecule has 4 unspecified atom stereocenters. The number of aromatic hydroxyl groups is 1. The van der Waals surface area contributed by atoms with Crippen molar-refractivity contribution in [3.63, 3.8) is 0 Å². The number of Topliss-reactive ketones (excluding diaryl/α,β-unsaturated/α-hetero) is 1. The number of benzene rings is 2. The molecule has 6 rings (SSSR count). The second-order valence-corrected chi connectivity index (χ2v) is 10.6. The molecule has 10 heteroatoms. The lowest BCUT2D eigenvalue weighted by molar-refractivity contribution is -0.384. The molecule has 3 aliphatic carbocycles. The average molecular weight is 555 g/mol. The van der Waals surface area contributed by atoms with Gasteiger partial charge in [0, 0.05) is 40.3 Å². The summed E-state index contributed by atoms with van der Waals surface area (Å²) in [6.45, 7) is 3.64. The van der Waals surface area contributed by atoms with Gasteiger partial charge in [0.1, 0.15) is 0 Å². The van der Waals surface area contributed by atoms with Crippen LogP contribution in [0, 0.1) is 27.9 Å². The number of nitro benzene ring substituents is 1. The predicted molar refractivity (Wildman–Crippen MR) is 146 cm³/mol. The molecule has 4 atom stereocenters. The highest BCUT2D eigenvalue weighted by Gasteiger charge is 2.57. The number of imide groups is 1. The van der Waals surface area contributed by atoms with Crippen LogP contribution in [0.1, 0.15) is 38.2 Å². The van der Waals surface area contributed by atoms with Crippen LogP contribution in [0.25, 0.3) is 0 Å². The lowest BCUT2D eigenvalue weighted by atomic mass is 9.59. The summed E-state index contributed by atoms with van der Waals surface area (Å²) in [5.41, 5.74) is 1.75. The molecule has 2 amide bonds. The SMILES string of the molecule is CCOc1cccc(C2C3=CCC4C(=O)N(c5cccc([N+](=O)[O-])c5)C(=O)C4C3CC3=C2C(=O)C=C(C)C3=O)c1O. The molecule has 0 radical (unpaired) electrons. The molecule has 0 spiro atoms. The van der Waals surface area contributed by atoms with Gasteiger partial charge in [0.05, 0.1) is 29.1 Å². The quantitative estimate of drug-likeness (QED) is 0.189. The maximum atomic E-state index is 14.0. The third kappa shape index (κ3) is 3.93. The molecule has 208 valence electrons. The van der Waals surface area contributed by atoms with Gasteiger partial charge in [-0.15, -0.1) is 0 Å². The summed E-state index contributed by atoms with van der Waals surface area (Å²) >= 11 is 0. The Balaban J connectivity index is 1.49. The minimum Gasteiger partial charge on any atom is -0.504 e. The van der Waals surface area contributed by atoms with E-state index in [9.17, 15) is 34.4 Å². The number of nitro groups is 1. The molecule has 1 N–H and O–H groups in total. The largest absolute Gasteiger partial charge is 0.504 e. The highest BCUT2D eigenvalue weighted by Crippen LogP contribution is 2.57. The molecule has 2 aromatic carbocycles. The van der Waals surface area contributed by atoms with E-state index >= 15 is 0 Å². The van der Waals surface area contributed by atoms with Crippen molar-refractivity contribution in [2.75, 3.05) is 11.5 Å². The van der Waals surface area contributed by atoms with E-state index in [-0.39, 0.29) is 64.0 Å². The number of allylic oxidation sites excluding steroid dienone is 6. The average Bonchev–Trinajstić information content (AvgIpc) is 3.21. The molecule has 1 aliphatic heterocycles. The number of carbonyl (C=O) groups excluding carboxylic acids is 4. The van der Waals surface area contributed by atoms with Gasteiger partial charge in [0.15, 0.2) is 23.1 Å². The van der Waals surface area contributed by atoms with E-state index < -0.39 is 40.4 Å². The number of hydrogen-bond donors (Lipinski definition) is 1. The summed E-state index contributed by atoms with van der Waals surface area (Å²) in [5.74, 6) is -4.53. The van der Waals surface area contributed by atoms with Crippen molar-refractivity contribution < 1.29 is 33.9 Å². The Morgan fingerprint density at radius 1 is 1.07 bits per heavy atom. The molecular formula is C31H26N2O8. The van der Waals surface area contributed by atoms with E-state index in [2.05, 4.69) is 0 Å². The highest BCUT2D eigenvalue weighted by molar-refractivity contribution is 6.25. The minimum absolute atomic E-state index is 0.0856. The van der Waals surface area contributed by atoms with E-state index in [1.807, 2.05) is 6.08 Å². The number of carbonyl (C=O) groups is 4. The number of phenols is 1. The Hall–Kier alpha value is -4.86. The summed E-state index contributed by atoms with van der Waals surface area (Å²) in [5, 5.41) is 22.6. The molecule has 0 saturated carbocycles. The Labute approximate surface area is 234 Å².